The Morgan fingerprint density at radius 1 is 1.53 bits per heavy atom. The lowest BCUT2D eigenvalue weighted by atomic mass is 10.4. The van der Waals surface area contributed by atoms with Crippen molar-refractivity contribution in [3.05, 3.63) is 34.2 Å². The fourth-order valence-electron chi connectivity index (χ4n) is 1.65. The Morgan fingerprint density at radius 2 is 2.26 bits per heavy atom. The van der Waals surface area contributed by atoms with Crippen LogP contribution < -0.4 is 0 Å². The van der Waals surface area contributed by atoms with Gasteiger partial charge in [0.1, 0.15) is 23.0 Å². The maximum absolute atomic E-state index is 12.4. The van der Waals surface area contributed by atoms with E-state index in [0.29, 0.717) is 5.69 Å². The molecule has 0 radical (unpaired) electrons. The van der Waals surface area contributed by atoms with Gasteiger partial charge in [-0.2, -0.15) is 4.31 Å². The molecule has 0 saturated carbocycles. The van der Waals surface area contributed by atoms with E-state index < -0.39 is 10.0 Å². The molecule has 0 aliphatic heterocycles. The average molecular weight is 302 g/mol. The van der Waals surface area contributed by atoms with Crippen LogP contribution in [0.2, 0.25) is 0 Å². The fraction of sp³-hybridized carbons (Fsp3) is 0.364. The number of sulfonamides is 1. The highest BCUT2D eigenvalue weighted by Crippen LogP contribution is 2.24. The number of thiazole rings is 1. The molecule has 2 aromatic heterocycles. The van der Waals surface area contributed by atoms with Crippen molar-refractivity contribution in [2.24, 2.45) is 0 Å². The lowest BCUT2D eigenvalue weighted by Gasteiger charge is -2.15. The number of rotatable bonds is 5. The summed E-state index contributed by atoms with van der Waals surface area (Å²) in [6.07, 6.45) is 0. The SMILES string of the molecule is Cc1oc(CO)cc1S(=O)(=O)N(C)Cc1cscn1. The van der Waals surface area contributed by atoms with Gasteiger partial charge in [0.25, 0.3) is 0 Å². The van der Waals surface area contributed by atoms with Crippen LogP contribution in [0.15, 0.2) is 26.3 Å². The van der Waals surface area contributed by atoms with E-state index in [1.165, 1.54) is 28.8 Å². The van der Waals surface area contributed by atoms with Gasteiger partial charge >= 0.3 is 0 Å². The highest BCUT2D eigenvalue weighted by Gasteiger charge is 2.26. The van der Waals surface area contributed by atoms with Gasteiger partial charge in [-0.15, -0.1) is 11.3 Å². The number of aryl methyl sites for hydroxylation is 1. The summed E-state index contributed by atoms with van der Waals surface area (Å²) in [5.74, 6) is 0.507. The normalized spacial score (nSPS) is 12.2. The molecule has 0 fully saturated rings. The predicted octanol–water partition coefficient (Wildman–Crippen LogP) is 1.36. The number of aromatic nitrogens is 1. The second-order valence-electron chi connectivity index (χ2n) is 4.03. The standard InChI is InChI=1S/C11H14N2O4S2/c1-8-11(3-10(5-14)17-8)19(15,16)13(2)4-9-6-18-7-12-9/h3,6-7,14H,4-5H2,1-2H3. The molecule has 19 heavy (non-hydrogen) atoms. The van der Waals surface area contributed by atoms with E-state index in [4.69, 9.17) is 9.52 Å². The summed E-state index contributed by atoms with van der Waals surface area (Å²) in [7, 11) is -2.16. The van der Waals surface area contributed by atoms with E-state index in [1.54, 1.807) is 17.8 Å². The van der Waals surface area contributed by atoms with Crippen LogP contribution in [0, 0.1) is 6.92 Å². The van der Waals surface area contributed by atoms with Crippen LogP contribution in [0.25, 0.3) is 0 Å². The summed E-state index contributed by atoms with van der Waals surface area (Å²) >= 11 is 1.41. The van der Waals surface area contributed by atoms with E-state index in [2.05, 4.69) is 4.98 Å². The molecule has 0 unspecified atom stereocenters. The van der Waals surface area contributed by atoms with Gasteiger partial charge in [-0.05, 0) is 6.92 Å². The lowest BCUT2D eigenvalue weighted by Crippen LogP contribution is -2.26. The van der Waals surface area contributed by atoms with Crippen LogP contribution in [-0.2, 0) is 23.2 Å². The van der Waals surface area contributed by atoms with Crippen LogP contribution in [0.1, 0.15) is 17.2 Å². The molecular weight excluding hydrogens is 288 g/mol. The second-order valence-corrected chi connectivity index (χ2v) is 6.76. The zero-order valence-electron chi connectivity index (χ0n) is 10.5. The van der Waals surface area contributed by atoms with Gasteiger partial charge in [0.15, 0.2) is 0 Å². The molecule has 0 bridgehead atoms. The molecule has 0 aliphatic rings. The van der Waals surface area contributed by atoms with Gasteiger partial charge in [-0.25, -0.2) is 13.4 Å². The molecule has 0 aromatic carbocycles. The Kier molecular flexibility index (Phi) is 4.04. The number of aliphatic hydroxyl groups is 1. The third-order valence-electron chi connectivity index (χ3n) is 2.64. The van der Waals surface area contributed by atoms with Crippen molar-refractivity contribution in [2.75, 3.05) is 7.05 Å². The smallest absolute Gasteiger partial charge is 0.246 e. The van der Waals surface area contributed by atoms with Gasteiger partial charge < -0.3 is 9.52 Å². The molecule has 2 aromatic rings. The van der Waals surface area contributed by atoms with Crippen molar-refractivity contribution in [2.45, 2.75) is 25.0 Å². The molecule has 2 heterocycles. The number of nitrogens with zero attached hydrogens (tertiary/aromatic N) is 2. The maximum atomic E-state index is 12.4. The van der Waals surface area contributed by atoms with E-state index in [-0.39, 0.29) is 29.6 Å². The molecule has 6 nitrogen and oxygen atoms in total. The Labute approximate surface area is 115 Å². The summed E-state index contributed by atoms with van der Waals surface area (Å²) in [6.45, 7) is 1.43. The quantitative estimate of drug-likeness (QED) is 0.901. The molecule has 0 spiro atoms. The minimum atomic E-state index is -3.64. The van der Waals surface area contributed by atoms with Crippen LogP contribution in [-0.4, -0.2) is 29.9 Å². The van der Waals surface area contributed by atoms with Gasteiger partial charge in [0.05, 0.1) is 17.7 Å². The Morgan fingerprint density at radius 3 is 2.79 bits per heavy atom. The van der Waals surface area contributed by atoms with Gasteiger partial charge in [-0.3, -0.25) is 0 Å². The number of hydrogen-bond acceptors (Lipinski definition) is 6. The Hall–Kier alpha value is -1.22. The second kappa shape index (κ2) is 5.41. The van der Waals surface area contributed by atoms with Crippen LogP contribution in [0.3, 0.4) is 0 Å². The molecule has 1 N–H and O–H groups in total. The topological polar surface area (TPSA) is 83.6 Å². The van der Waals surface area contributed by atoms with Crippen LogP contribution in [0.4, 0.5) is 0 Å². The summed E-state index contributed by atoms with van der Waals surface area (Å²) in [5.41, 5.74) is 2.35. The molecule has 104 valence electrons. The number of aliphatic hydroxyl groups excluding tert-OH is 1. The van der Waals surface area contributed by atoms with Gasteiger partial charge in [-0.1, -0.05) is 0 Å². The van der Waals surface area contributed by atoms with Crippen molar-refractivity contribution in [3.63, 3.8) is 0 Å². The van der Waals surface area contributed by atoms with E-state index in [9.17, 15) is 8.42 Å². The van der Waals surface area contributed by atoms with Crippen LogP contribution in [0.5, 0.6) is 0 Å². The third-order valence-corrected chi connectivity index (χ3v) is 5.18. The molecule has 0 saturated heterocycles. The van der Waals surface area contributed by atoms with E-state index >= 15 is 0 Å². The summed E-state index contributed by atoms with van der Waals surface area (Å²) in [5, 5.41) is 10.8. The molecule has 0 aliphatic carbocycles. The van der Waals surface area contributed by atoms with Crippen molar-refractivity contribution >= 4 is 21.4 Å². The summed E-state index contributed by atoms with van der Waals surface area (Å²) in [4.78, 5) is 4.13. The van der Waals surface area contributed by atoms with Gasteiger partial charge in [0.2, 0.25) is 10.0 Å². The summed E-state index contributed by atoms with van der Waals surface area (Å²) < 4.78 is 31.1. The number of hydrogen-bond donors (Lipinski definition) is 1. The lowest BCUT2D eigenvalue weighted by molar-refractivity contribution is 0.244. The van der Waals surface area contributed by atoms with E-state index in [0.717, 1.165) is 0 Å². The molecule has 0 atom stereocenters. The first-order valence-electron chi connectivity index (χ1n) is 5.48. The largest absolute Gasteiger partial charge is 0.462 e. The Balaban J connectivity index is 2.28. The summed E-state index contributed by atoms with van der Waals surface area (Å²) in [6, 6.07) is 1.35. The average Bonchev–Trinajstić information content (AvgIpc) is 2.98. The minimum absolute atomic E-state index is 0.0780. The third kappa shape index (κ3) is 2.86. The zero-order valence-corrected chi connectivity index (χ0v) is 12.2. The van der Waals surface area contributed by atoms with Crippen molar-refractivity contribution < 1.29 is 17.9 Å². The molecule has 8 heteroatoms. The molecular formula is C11H14N2O4S2. The minimum Gasteiger partial charge on any atom is -0.462 e. The van der Waals surface area contributed by atoms with Gasteiger partial charge in [0, 0.05) is 18.5 Å². The monoisotopic (exact) mass is 302 g/mol. The molecule has 2 rings (SSSR count). The number of furan rings is 1. The fourth-order valence-corrected chi connectivity index (χ4v) is 3.53. The molecule has 0 amide bonds. The first kappa shape index (κ1) is 14.2. The Bertz CT molecular complexity index is 646. The van der Waals surface area contributed by atoms with Crippen molar-refractivity contribution in [1.82, 2.24) is 9.29 Å². The predicted molar refractivity (Wildman–Crippen MR) is 70.1 cm³/mol. The first-order chi connectivity index (χ1) is 8.95. The first-order valence-corrected chi connectivity index (χ1v) is 7.87. The zero-order chi connectivity index (χ0) is 14.0. The van der Waals surface area contributed by atoms with Crippen LogP contribution >= 0.6 is 11.3 Å². The highest BCUT2D eigenvalue weighted by atomic mass is 32.2. The van der Waals surface area contributed by atoms with Crippen molar-refractivity contribution in [1.29, 1.82) is 0 Å². The highest BCUT2D eigenvalue weighted by molar-refractivity contribution is 7.89. The van der Waals surface area contributed by atoms with E-state index in [1.807, 2.05) is 0 Å². The van der Waals surface area contributed by atoms with Crippen molar-refractivity contribution in [3.8, 4) is 0 Å². The maximum Gasteiger partial charge on any atom is 0.246 e.